The molecule has 17 heteroatoms. The normalized spacial score (nSPS) is 11.1. The minimum atomic E-state index is -4.63. The first-order valence-electron chi connectivity index (χ1n) is 12.4. The largest absolute Gasteiger partial charge is 0.497 e. The predicted molar refractivity (Wildman–Crippen MR) is 155 cm³/mol. The van der Waals surface area contributed by atoms with Gasteiger partial charge in [0, 0.05) is 23.8 Å². The van der Waals surface area contributed by atoms with Crippen LogP contribution >= 0.6 is 23.4 Å². The van der Waals surface area contributed by atoms with Crippen molar-refractivity contribution < 1.29 is 37.2 Å². The number of hydrogen-bond donors (Lipinski definition) is 2. The molecule has 12 nitrogen and oxygen atoms in total. The first kappa shape index (κ1) is 32.1. The number of nitro benzene ring substituents is 1. The third-order valence-electron chi connectivity index (χ3n) is 5.97. The van der Waals surface area contributed by atoms with E-state index in [2.05, 4.69) is 20.8 Å². The van der Waals surface area contributed by atoms with Crippen molar-refractivity contribution in [3.63, 3.8) is 0 Å². The zero-order valence-electron chi connectivity index (χ0n) is 22.8. The molecule has 1 heterocycles. The first-order chi connectivity index (χ1) is 20.9. The minimum Gasteiger partial charge on any atom is -0.497 e. The Morgan fingerprint density at radius 2 is 1.77 bits per heavy atom. The molecule has 44 heavy (non-hydrogen) atoms. The Morgan fingerprint density at radius 1 is 1.05 bits per heavy atom. The first-order valence-corrected chi connectivity index (χ1v) is 13.8. The van der Waals surface area contributed by atoms with E-state index in [4.69, 9.17) is 21.1 Å². The number of alkyl halides is 3. The number of rotatable bonds is 11. The summed E-state index contributed by atoms with van der Waals surface area (Å²) in [5, 5.41) is 24.4. The van der Waals surface area contributed by atoms with Crippen LogP contribution in [0.4, 0.5) is 24.5 Å². The van der Waals surface area contributed by atoms with Gasteiger partial charge in [-0.15, -0.1) is 10.2 Å². The van der Waals surface area contributed by atoms with E-state index in [0.717, 1.165) is 30.0 Å². The lowest BCUT2D eigenvalue weighted by atomic mass is 10.2. The summed E-state index contributed by atoms with van der Waals surface area (Å²) < 4.78 is 51.8. The number of nitro groups is 1. The van der Waals surface area contributed by atoms with Crippen LogP contribution in [0.15, 0.2) is 65.8 Å². The van der Waals surface area contributed by atoms with Gasteiger partial charge in [0.05, 0.1) is 53.4 Å². The Morgan fingerprint density at radius 3 is 2.41 bits per heavy atom. The molecule has 0 saturated heterocycles. The van der Waals surface area contributed by atoms with Crippen molar-refractivity contribution in [3.05, 3.63) is 92.8 Å². The van der Waals surface area contributed by atoms with Gasteiger partial charge in [-0.25, -0.2) is 0 Å². The molecule has 0 fully saturated rings. The van der Waals surface area contributed by atoms with E-state index in [1.165, 1.54) is 43.1 Å². The molecule has 4 rings (SSSR count). The second kappa shape index (κ2) is 13.6. The van der Waals surface area contributed by atoms with Gasteiger partial charge in [0.15, 0.2) is 11.0 Å². The zero-order chi connectivity index (χ0) is 32.0. The number of ether oxygens (including phenoxy) is 2. The van der Waals surface area contributed by atoms with E-state index in [9.17, 15) is 32.9 Å². The minimum absolute atomic E-state index is 0.0771. The molecule has 2 N–H and O–H groups in total. The summed E-state index contributed by atoms with van der Waals surface area (Å²) in [5.74, 6) is -0.476. The van der Waals surface area contributed by atoms with Crippen molar-refractivity contribution in [2.75, 3.05) is 25.3 Å². The van der Waals surface area contributed by atoms with Crippen LogP contribution in [0.25, 0.3) is 5.69 Å². The molecule has 0 bridgehead atoms. The second-order valence-corrected chi connectivity index (χ2v) is 10.1. The maximum Gasteiger partial charge on any atom is 0.416 e. The van der Waals surface area contributed by atoms with Crippen molar-refractivity contribution in [2.24, 2.45) is 0 Å². The molecule has 0 aliphatic heterocycles. The van der Waals surface area contributed by atoms with Crippen molar-refractivity contribution in [1.82, 2.24) is 20.1 Å². The van der Waals surface area contributed by atoms with Gasteiger partial charge in [0.2, 0.25) is 5.91 Å². The Kier molecular flexibility index (Phi) is 9.95. The average Bonchev–Trinajstić information content (AvgIpc) is 3.41. The Bertz CT molecular complexity index is 1700. The van der Waals surface area contributed by atoms with Gasteiger partial charge in [-0.1, -0.05) is 23.4 Å². The zero-order valence-corrected chi connectivity index (χ0v) is 24.4. The SMILES string of the molecule is COc1ccc(OC)c(-n2c(CNC(=O)c3ccc([N+](=O)[O-])cc3)nnc2SCC(=O)Nc2cc(C(F)(F)F)ccc2Cl)c1. The van der Waals surface area contributed by atoms with Crippen molar-refractivity contribution in [2.45, 2.75) is 17.9 Å². The van der Waals surface area contributed by atoms with Crippen LogP contribution in [0.1, 0.15) is 21.7 Å². The molecule has 0 spiro atoms. The van der Waals surface area contributed by atoms with E-state index in [1.807, 2.05) is 0 Å². The number of methoxy groups -OCH3 is 2. The van der Waals surface area contributed by atoms with Crippen LogP contribution in [-0.4, -0.2) is 51.5 Å². The number of nitrogens with one attached hydrogen (secondary N) is 2. The lowest BCUT2D eigenvalue weighted by Gasteiger charge is -2.15. The van der Waals surface area contributed by atoms with Gasteiger partial charge in [-0.05, 0) is 42.5 Å². The molecule has 0 aliphatic carbocycles. The summed E-state index contributed by atoms with van der Waals surface area (Å²) >= 11 is 6.91. The number of nitrogens with zero attached hydrogens (tertiary/aromatic N) is 4. The van der Waals surface area contributed by atoms with Crippen LogP contribution in [-0.2, 0) is 17.5 Å². The highest BCUT2D eigenvalue weighted by molar-refractivity contribution is 7.99. The number of carbonyl (C=O) groups excluding carboxylic acids is 2. The summed E-state index contributed by atoms with van der Waals surface area (Å²) in [6.45, 7) is -0.157. The molecule has 2 amide bonds. The van der Waals surface area contributed by atoms with E-state index < -0.39 is 28.5 Å². The third kappa shape index (κ3) is 7.57. The molecular formula is C27H22ClF3N6O6S. The Balaban J connectivity index is 1.58. The molecule has 0 atom stereocenters. The fraction of sp³-hybridized carbons (Fsp3) is 0.185. The molecule has 1 aromatic heterocycles. The topological polar surface area (TPSA) is 151 Å². The smallest absolute Gasteiger partial charge is 0.416 e. The van der Waals surface area contributed by atoms with Crippen molar-refractivity contribution in [1.29, 1.82) is 0 Å². The summed E-state index contributed by atoms with van der Waals surface area (Å²) in [6.07, 6.45) is -4.63. The van der Waals surface area contributed by atoms with Gasteiger partial charge in [0.25, 0.3) is 11.6 Å². The number of thioether (sulfide) groups is 1. The molecule has 0 unspecified atom stereocenters. The number of aromatic nitrogens is 3. The lowest BCUT2D eigenvalue weighted by Crippen LogP contribution is -2.24. The number of benzene rings is 3. The number of anilines is 1. The van der Waals surface area contributed by atoms with E-state index >= 15 is 0 Å². The van der Waals surface area contributed by atoms with Crippen LogP contribution in [0, 0.1) is 10.1 Å². The molecular weight excluding hydrogens is 629 g/mol. The van der Waals surface area contributed by atoms with Crippen LogP contribution in [0.2, 0.25) is 5.02 Å². The third-order valence-corrected chi connectivity index (χ3v) is 7.23. The van der Waals surface area contributed by atoms with Crippen LogP contribution in [0.3, 0.4) is 0 Å². The highest BCUT2D eigenvalue weighted by Crippen LogP contribution is 2.35. The Labute approximate surface area is 256 Å². The number of carbonyl (C=O) groups is 2. The van der Waals surface area contributed by atoms with E-state index in [0.29, 0.717) is 17.2 Å². The van der Waals surface area contributed by atoms with Gasteiger partial charge >= 0.3 is 6.18 Å². The van der Waals surface area contributed by atoms with Gasteiger partial charge < -0.3 is 20.1 Å². The fourth-order valence-electron chi connectivity index (χ4n) is 3.83. The summed E-state index contributed by atoms with van der Waals surface area (Å²) in [4.78, 5) is 35.8. The molecule has 0 saturated carbocycles. The van der Waals surface area contributed by atoms with Gasteiger partial charge in [-0.2, -0.15) is 13.2 Å². The predicted octanol–water partition coefficient (Wildman–Crippen LogP) is 5.53. The maximum absolute atomic E-state index is 13.1. The molecule has 3 aromatic carbocycles. The summed E-state index contributed by atoms with van der Waals surface area (Å²) in [7, 11) is 2.90. The monoisotopic (exact) mass is 650 g/mol. The quantitative estimate of drug-likeness (QED) is 0.121. The van der Waals surface area contributed by atoms with E-state index in [-0.39, 0.29) is 45.2 Å². The lowest BCUT2D eigenvalue weighted by molar-refractivity contribution is -0.384. The van der Waals surface area contributed by atoms with E-state index in [1.54, 1.807) is 18.2 Å². The van der Waals surface area contributed by atoms with Crippen molar-refractivity contribution >= 4 is 46.6 Å². The Hall–Kier alpha value is -4.83. The van der Waals surface area contributed by atoms with Gasteiger partial charge in [0.1, 0.15) is 11.5 Å². The summed E-state index contributed by atoms with van der Waals surface area (Å²) in [5.41, 5.74) is -0.791. The molecule has 4 aromatic rings. The number of halogens is 4. The summed E-state index contributed by atoms with van der Waals surface area (Å²) in [6, 6.07) is 12.5. The number of hydrogen-bond acceptors (Lipinski definition) is 9. The number of amides is 2. The molecule has 0 aliphatic rings. The highest BCUT2D eigenvalue weighted by atomic mass is 35.5. The second-order valence-electron chi connectivity index (χ2n) is 8.79. The van der Waals surface area contributed by atoms with Crippen molar-refractivity contribution in [3.8, 4) is 17.2 Å². The maximum atomic E-state index is 13.1. The van der Waals surface area contributed by atoms with Crippen LogP contribution in [0.5, 0.6) is 11.5 Å². The number of non-ortho nitro benzene ring substituents is 1. The standard InChI is InChI=1S/C27H22ClF3N6O6S/c1-42-18-8-10-22(43-2)21(12-18)36-23(13-32-25(39)15-3-6-17(7-4-15)37(40)41)34-35-26(36)44-14-24(38)33-20-11-16(27(29,30)31)5-9-19(20)28/h3-12H,13-14H2,1-2H3,(H,32,39)(H,33,38). The molecule has 0 radical (unpaired) electrons. The highest BCUT2D eigenvalue weighted by Gasteiger charge is 2.31. The molecule has 230 valence electrons. The van der Waals surface area contributed by atoms with Gasteiger partial charge in [-0.3, -0.25) is 24.3 Å². The fourth-order valence-corrected chi connectivity index (χ4v) is 4.76. The van der Waals surface area contributed by atoms with Crippen LogP contribution < -0.4 is 20.1 Å². The average molecular weight is 651 g/mol.